The summed E-state index contributed by atoms with van der Waals surface area (Å²) < 4.78 is 12.7. The molecule has 18 heavy (non-hydrogen) atoms. The van der Waals surface area contributed by atoms with Crippen LogP contribution in [0.2, 0.25) is 5.28 Å². The van der Waals surface area contributed by atoms with Crippen LogP contribution in [0.4, 0.5) is 15.9 Å². The summed E-state index contributed by atoms with van der Waals surface area (Å²) in [4.78, 5) is 17.7. The van der Waals surface area contributed by atoms with E-state index in [2.05, 4.69) is 15.3 Å². The van der Waals surface area contributed by atoms with Gasteiger partial charge in [-0.1, -0.05) is 0 Å². The zero-order valence-electron chi connectivity index (χ0n) is 9.00. The standard InChI is InChI=1S/C11H8ClFN4O/c12-11-16-9(8(5-14)10(18)17-11)15-7-3-1-6(13)2-4-7/h1-5,14H,(H2,15,16,17,18). The molecule has 2 aromatic rings. The quantitative estimate of drug-likeness (QED) is 0.589. The number of halogens is 2. The number of nitrogens with one attached hydrogen (secondary N) is 3. The average molecular weight is 267 g/mol. The first-order valence-electron chi connectivity index (χ1n) is 4.93. The lowest BCUT2D eigenvalue weighted by Crippen LogP contribution is -2.16. The van der Waals surface area contributed by atoms with Crippen LogP contribution in [-0.2, 0) is 0 Å². The number of anilines is 2. The smallest absolute Gasteiger partial charge is 0.262 e. The third kappa shape index (κ3) is 2.54. The molecule has 0 aliphatic carbocycles. The van der Waals surface area contributed by atoms with Crippen LogP contribution in [0, 0.1) is 11.2 Å². The Morgan fingerprint density at radius 1 is 1.39 bits per heavy atom. The van der Waals surface area contributed by atoms with Crippen molar-refractivity contribution in [2.24, 2.45) is 0 Å². The van der Waals surface area contributed by atoms with E-state index in [1.54, 1.807) is 0 Å². The van der Waals surface area contributed by atoms with E-state index in [0.29, 0.717) is 5.69 Å². The fourth-order valence-corrected chi connectivity index (χ4v) is 1.52. The fourth-order valence-electron chi connectivity index (χ4n) is 1.35. The molecule has 2 rings (SSSR count). The average Bonchev–Trinajstić information content (AvgIpc) is 2.32. The first-order chi connectivity index (χ1) is 8.60. The van der Waals surface area contributed by atoms with Crippen LogP contribution >= 0.6 is 11.6 Å². The Hall–Kier alpha value is -2.21. The molecule has 0 spiro atoms. The molecule has 0 saturated carbocycles. The van der Waals surface area contributed by atoms with Gasteiger partial charge in [0.1, 0.15) is 17.2 Å². The molecule has 0 saturated heterocycles. The van der Waals surface area contributed by atoms with Gasteiger partial charge in [0.05, 0.1) is 0 Å². The molecule has 0 amide bonds. The Morgan fingerprint density at radius 2 is 2.06 bits per heavy atom. The summed E-state index contributed by atoms with van der Waals surface area (Å²) >= 11 is 5.63. The van der Waals surface area contributed by atoms with Gasteiger partial charge in [-0.15, -0.1) is 0 Å². The van der Waals surface area contributed by atoms with E-state index in [9.17, 15) is 9.18 Å². The number of benzene rings is 1. The Kier molecular flexibility index (Phi) is 3.38. The Balaban J connectivity index is 2.42. The highest BCUT2D eigenvalue weighted by molar-refractivity contribution is 6.28. The predicted octanol–water partition coefficient (Wildman–Crippen LogP) is 2.30. The van der Waals surface area contributed by atoms with E-state index in [1.807, 2.05) is 0 Å². The molecule has 1 heterocycles. The molecule has 5 nitrogen and oxygen atoms in total. The van der Waals surface area contributed by atoms with Gasteiger partial charge < -0.3 is 10.7 Å². The fraction of sp³-hybridized carbons (Fsp3) is 0. The van der Waals surface area contributed by atoms with Gasteiger partial charge >= 0.3 is 0 Å². The van der Waals surface area contributed by atoms with E-state index in [1.165, 1.54) is 24.3 Å². The van der Waals surface area contributed by atoms with Gasteiger partial charge in [0.25, 0.3) is 5.56 Å². The van der Waals surface area contributed by atoms with Crippen molar-refractivity contribution in [1.82, 2.24) is 9.97 Å². The van der Waals surface area contributed by atoms with Crippen LogP contribution in [0.3, 0.4) is 0 Å². The molecular weight excluding hydrogens is 259 g/mol. The van der Waals surface area contributed by atoms with Crippen molar-refractivity contribution < 1.29 is 4.39 Å². The van der Waals surface area contributed by atoms with Crippen LogP contribution in [0.25, 0.3) is 0 Å². The minimum absolute atomic E-state index is 0.0451. The molecule has 0 fully saturated rings. The molecule has 7 heteroatoms. The van der Waals surface area contributed by atoms with Crippen molar-refractivity contribution in [2.45, 2.75) is 0 Å². The van der Waals surface area contributed by atoms with Crippen molar-refractivity contribution in [3.05, 3.63) is 51.3 Å². The van der Waals surface area contributed by atoms with E-state index < -0.39 is 5.56 Å². The minimum Gasteiger partial charge on any atom is -0.339 e. The largest absolute Gasteiger partial charge is 0.339 e. The highest BCUT2D eigenvalue weighted by atomic mass is 35.5. The first kappa shape index (κ1) is 12.3. The van der Waals surface area contributed by atoms with Crippen LogP contribution in [-0.4, -0.2) is 16.2 Å². The van der Waals surface area contributed by atoms with E-state index in [-0.39, 0.29) is 22.5 Å². The van der Waals surface area contributed by atoms with E-state index >= 15 is 0 Å². The third-order valence-corrected chi connectivity index (χ3v) is 2.36. The summed E-state index contributed by atoms with van der Waals surface area (Å²) in [5, 5.41) is 9.88. The molecule has 1 aromatic carbocycles. The first-order valence-corrected chi connectivity index (χ1v) is 5.31. The number of hydrogen-bond acceptors (Lipinski definition) is 4. The molecule has 0 atom stereocenters. The van der Waals surface area contributed by atoms with Gasteiger partial charge in [0, 0.05) is 11.9 Å². The Labute approximate surface area is 106 Å². The number of nitrogens with zero attached hydrogens (tertiary/aromatic N) is 1. The molecular formula is C11H8ClFN4O. The minimum atomic E-state index is -0.519. The SMILES string of the molecule is N=Cc1c(Nc2ccc(F)cc2)nc(Cl)[nH]c1=O. The maximum absolute atomic E-state index is 12.7. The van der Waals surface area contributed by atoms with Crippen molar-refractivity contribution in [1.29, 1.82) is 5.41 Å². The monoisotopic (exact) mass is 266 g/mol. The van der Waals surface area contributed by atoms with Crippen LogP contribution < -0.4 is 10.9 Å². The predicted molar refractivity (Wildman–Crippen MR) is 67.4 cm³/mol. The van der Waals surface area contributed by atoms with Gasteiger partial charge in [0.2, 0.25) is 5.28 Å². The Bertz CT molecular complexity index is 638. The molecule has 0 bridgehead atoms. The maximum atomic E-state index is 12.7. The lowest BCUT2D eigenvalue weighted by Gasteiger charge is -2.07. The van der Waals surface area contributed by atoms with Crippen molar-refractivity contribution >= 4 is 29.3 Å². The molecule has 1 aromatic heterocycles. The van der Waals surface area contributed by atoms with Gasteiger partial charge in [-0.25, -0.2) is 9.37 Å². The number of hydrogen-bond donors (Lipinski definition) is 3. The van der Waals surface area contributed by atoms with Crippen LogP contribution in [0.1, 0.15) is 5.56 Å². The summed E-state index contributed by atoms with van der Waals surface area (Å²) in [5.74, 6) is -0.227. The lowest BCUT2D eigenvalue weighted by molar-refractivity contribution is 0.628. The molecule has 92 valence electrons. The van der Waals surface area contributed by atoms with E-state index in [4.69, 9.17) is 17.0 Å². The molecule has 0 aliphatic rings. The second-order valence-corrected chi connectivity index (χ2v) is 3.75. The van der Waals surface area contributed by atoms with Crippen molar-refractivity contribution in [3.63, 3.8) is 0 Å². The van der Waals surface area contributed by atoms with Crippen molar-refractivity contribution in [2.75, 3.05) is 5.32 Å². The summed E-state index contributed by atoms with van der Waals surface area (Å²) in [6.45, 7) is 0. The summed E-state index contributed by atoms with van der Waals surface area (Å²) in [6.07, 6.45) is 0.869. The van der Waals surface area contributed by atoms with Crippen molar-refractivity contribution in [3.8, 4) is 0 Å². The van der Waals surface area contributed by atoms with E-state index in [0.717, 1.165) is 6.21 Å². The Morgan fingerprint density at radius 3 is 2.67 bits per heavy atom. The second kappa shape index (κ2) is 4.97. The van der Waals surface area contributed by atoms with Crippen LogP contribution in [0.15, 0.2) is 29.1 Å². The van der Waals surface area contributed by atoms with Crippen LogP contribution in [0.5, 0.6) is 0 Å². The number of H-pyrrole nitrogens is 1. The third-order valence-electron chi connectivity index (χ3n) is 2.18. The zero-order valence-corrected chi connectivity index (χ0v) is 9.75. The maximum Gasteiger partial charge on any atom is 0.262 e. The number of aromatic amines is 1. The zero-order chi connectivity index (χ0) is 13.1. The summed E-state index contributed by atoms with van der Waals surface area (Å²) in [6, 6.07) is 5.50. The topological polar surface area (TPSA) is 81.6 Å². The number of aromatic nitrogens is 2. The summed E-state index contributed by atoms with van der Waals surface area (Å²) in [5.41, 5.74) is 0.0620. The lowest BCUT2D eigenvalue weighted by atomic mass is 10.3. The summed E-state index contributed by atoms with van der Waals surface area (Å²) in [7, 11) is 0. The van der Waals surface area contributed by atoms with Gasteiger partial charge in [-0.2, -0.15) is 0 Å². The number of rotatable bonds is 3. The highest BCUT2D eigenvalue weighted by Crippen LogP contribution is 2.17. The second-order valence-electron chi connectivity index (χ2n) is 3.40. The molecule has 0 aliphatic heterocycles. The van der Waals surface area contributed by atoms with Gasteiger partial charge in [-0.3, -0.25) is 9.78 Å². The normalized spacial score (nSPS) is 10.1. The van der Waals surface area contributed by atoms with Gasteiger partial charge in [-0.05, 0) is 35.9 Å². The highest BCUT2D eigenvalue weighted by Gasteiger charge is 2.08. The van der Waals surface area contributed by atoms with Gasteiger partial charge in [0.15, 0.2) is 0 Å². The molecule has 3 N–H and O–H groups in total. The molecule has 0 unspecified atom stereocenters. The molecule has 0 radical (unpaired) electrons.